The second-order valence-corrected chi connectivity index (χ2v) is 6.82. The van der Waals surface area contributed by atoms with E-state index in [2.05, 4.69) is 51.3 Å². The standard InChI is InChI=1S/C17H26N8/c1-11(2)14-9-16(25-15(24-14)6-7-21-25)22-12-4-5-13(8-12)23-17(19-3)20-10-18/h6-7,9,11-13,17,19-20,22-23H,4-5,8H2,1-3H3/t12-,13-,17?/m1/s1. The van der Waals surface area contributed by atoms with E-state index >= 15 is 0 Å². The Balaban J connectivity index is 1.68. The van der Waals surface area contributed by atoms with E-state index in [0.717, 1.165) is 36.4 Å². The van der Waals surface area contributed by atoms with Crippen molar-refractivity contribution in [2.24, 2.45) is 0 Å². The SMILES string of the molecule is CNC(NC#N)N[C@@H]1CC[C@@H](Nc2cc(C(C)C)nc3ccnn23)C1. The molecule has 1 fully saturated rings. The molecule has 1 aliphatic carbocycles. The summed E-state index contributed by atoms with van der Waals surface area (Å²) < 4.78 is 1.86. The summed E-state index contributed by atoms with van der Waals surface area (Å²) in [5.74, 6) is 1.36. The molecule has 4 N–H and O–H groups in total. The smallest absolute Gasteiger partial charge is 0.178 e. The number of aromatic nitrogens is 3. The minimum Gasteiger partial charge on any atom is -0.367 e. The number of hydrogen-bond donors (Lipinski definition) is 4. The molecule has 3 rings (SSSR count). The van der Waals surface area contributed by atoms with E-state index in [-0.39, 0.29) is 6.29 Å². The third kappa shape index (κ3) is 4.00. The van der Waals surface area contributed by atoms with E-state index in [1.807, 2.05) is 23.8 Å². The van der Waals surface area contributed by atoms with Crippen LogP contribution in [0.25, 0.3) is 5.65 Å². The molecule has 2 heterocycles. The Labute approximate surface area is 148 Å². The molecular formula is C17H26N8. The summed E-state index contributed by atoms with van der Waals surface area (Å²) >= 11 is 0. The fourth-order valence-corrected chi connectivity index (χ4v) is 3.30. The van der Waals surface area contributed by atoms with Crippen molar-refractivity contribution in [1.82, 2.24) is 30.5 Å². The third-order valence-corrected chi connectivity index (χ3v) is 4.66. The topological polar surface area (TPSA) is 102 Å². The Morgan fingerprint density at radius 1 is 1.32 bits per heavy atom. The maximum absolute atomic E-state index is 8.77. The predicted octanol–water partition coefficient (Wildman–Crippen LogP) is 1.35. The first-order valence-electron chi connectivity index (χ1n) is 8.80. The van der Waals surface area contributed by atoms with Crippen LogP contribution in [0.2, 0.25) is 0 Å². The minimum atomic E-state index is -0.194. The van der Waals surface area contributed by atoms with Gasteiger partial charge in [0.15, 0.2) is 11.8 Å². The molecule has 3 atom stereocenters. The van der Waals surface area contributed by atoms with Crippen molar-refractivity contribution >= 4 is 11.5 Å². The average Bonchev–Trinajstić information content (AvgIpc) is 3.23. The highest BCUT2D eigenvalue weighted by Crippen LogP contribution is 2.25. The van der Waals surface area contributed by atoms with Gasteiger partial charge in [0.2, 0.25) is 0 Å². The first-order chi connectivity index (χ1) is 12.1. The predicted molar refractivity (Wildman–Crippen MR) is 96.9 cm³/mol. The number of rotatable bonds is 7. The van der Waals surface area contributed by atoms with Crippen LogP contribution in [0, 0.1) is 11.5 Å². The van der Waals surface area contributed by atoms with E-state index in [1.54, 1.807) is 6.20 Å². The highest BCUT2D eigenvalue weighted by atomic mass is 15.3. The van der Waals surface area contributed by atoms with E-state index < -0.39 is 0 Å². The summed E-state index contributed by atoms with van der Waals surface area (Å²) in [5.41, 5.74) is 1.94. The number of nitrogens with zero attached hydrogens (tertiary/aromatic N) is 4. The Kier molecular flexibility index (Phi) is 5.36. The van der Waals surface area contributed by atoms with Crippen LogP contribution in [0.1, 0.15) is 44.7 Å². The fraction of sp³-hybridized carbons (Fsp3) is 0.588. The Morgan fingerprint density at radius 3 is 2.84 bits per heavy atom. The molecule has 0 radical (unpaired) electrons. The molecule has 25 heavy (non-hydrogen) atoms. The summed E-state index contributed by atoms with van der Waals surface area (Å²) in [4.78, 5) is 4.66. The van der Waals surface area contributed by atoms with Gasteiger partial charge in [-0.05, 0) is 32.2 Å². The van der Waals surface area contributed by atoms with Gasteiger partial charge in [-0.2, -0.15) is 14.9 Å². The lowest BCUT2D eigenvalue weighted by molar-refractivity contribution is 0.365. The second-order valence-electron chi connectivity index (χ2n) is 6.82. The zero-order valence-electron chi connectivity index (χ0n) is 15.0. The lowest BCUT2D eigenvalue weighted by Crippen LogP contribution is -2.52. The fourth-order valence-electron chi connectivity index (χ4n) is 3.30. The lowest BCUT2D eigenvalue weighted by Gasteiger charge is -2.21. The Bertz CT molecular complexity index is 747. The highest BCUT2D eigenvalue weighted by Gasteiger charge is 2.26. The molecule has 0 aliphatic heterocycles. The third-order valence-electron chi connectivity index (χ3n) is 4.66. The molecule has 2 aromatic rings. The average molecular weight is 342 g/mol. The van der Waals surface area contributed by atoms with Gasteiger partial charge < -0.3 is 5.32 Å². The van der Waals surface area contributed by atoms with Crippen LogP contribution in [0.5, 0.6) is 0 Å². The van der Waals surface area contributed by atoms with Crippen LogP contribution in [-0.2, 0) is 0 Å². The van der Waals surface area contributed by atoms with Crippen LogP contribution in [0.4, 0.5) is 5.82 Å². The molecule has 0 spiro atoms. The molecule has 0 bridgehead atoms. The van der Waals surface area contributed by atoms with Crippen molar-refractivity contribution in [3.8, 4) is 6.19 Å². The van der Waals surface area contributed by atoms with Crippen molar-refractivity contribution in [3.05, 3.63) is 24.0 Å². The molecule has 134 valence electrons. The molecule has 8 heteroatoms. The monoisotopic (exact) mass is 342 g/mol. The molecule has 0 amide bonds. The quantitative estimate of drug-likeness (QED) is 0.342. The van der Waals surface area contributed by atoms with Crippen molar-refractivity contribution in [1.29, 1.82) is 5.26 Å². The summed E-state index contributed by atoms with van der Waals surface area (Å²) in [6.45, 7) is 4.29. The maximum atomic E-state index is 8.77. The second kappa shape index (κ2) is 7.68. The van der Waals surface area contributed by atoms with Crippen molar-refractivity contribution in [2.75, 3.05) is 12.4 Å². The molecule has 1 unspecified atom stereocenters. The summed E-state index contributed by atoms with van der Waals surface area (Å²) in [6.07, 6.45) is 6.68. The van der Waals surface area contributed by atoms with Gasteiger partial charge in [-0.25, -0.2) is 4.98 Å². The molecular weight excluding hydrogens is 316 g/mol. The van der Waals surface area contributed by atoms with Crippen LogP contribution < -0.4 is 21.3 Å². The molecule has 1 aliphatic rings. The van der Waals surface area contributed by atoms with Gasteiger partial charge >= 0.3 is 0 Å². The Morgan fingerprint density at radius 2 is 2.12 bits per heavy atom. The van der Waals surface area contributed by atoms with Crippen molar-refractivity contribution < 1.29 is 0 Å². The molecule has 2 aromatic heterocycles. The van der Waals surface area contributed by atoms with Gasteiger partial charge in [0.25, 0.3) is 0 Å². The van der Waals surface area contributed by atoms with Crippen LogP contribution in [0.15, 0.2) is 18.3 Å². The van der Waals surface area contributed by atoms with E-state index in [4.69, 9.17) is 5.26 Å². The van der Waals surface area contributed by atoms with Crippen LogP contribution in [0.3, 0.4) is 0 Å². The van der Waals surface area contributed by atoms with Crippen LogP contribution in [-0.4, -0.2) is 40.0 Å². The van der Waals surface area contributed by atoms with Crippen LogP contribution >= 0.6 is 0 Å². The molecule has 0 saturated heterocycles. The number of anilines is 1. The first kappa shape index (κ1) is 17.5. The summed E-state index contributed by atoms with van der Waals surface area (Å²) in [7, 11) is 1.82. The number of hydrogen-bond acceptors (Lipinski definition) is 7. The molecule has 0 aromatic carbocycles. The number of nitriles is 1. The number of fused-ring (bicyclic) bond motifs is 1. The van der Waals surface area contributed by atoms with Gasteiger partial charge in [-0.15, -0.1) is 0 Å². The maximum Gasteiger partial charge on any atom is 0.178 e. The summed E-state index contributed by atoms with van der Waals surface area (Å²) in [5, 5.41) is 26.0. The Hall–Kier alpha value is -2.37. The summed E-state index contributed by atoms with van der Waals surface area (Å²) in [6, 6.07) is 4.75. The first-order valence-corrected chi connectivity index (χ1v) is 8.80. The van der Waals surface area contributed by atoms with Crippen molar-refractivity contribution in [3.63, 3.8) is 0 Å². The van der Waals surface area contributed by atoms with Crippen molar-refractivity contribution in [2.45, 2.75) is 57.4 Å². The largest absolute Gasteiger partial charge is 0.367 e. The molecule has 8 nitrogen and oxygen atoms in total. The highest BCUT2D eigenvalue weighted by molar-refractivity contribution is 5.50. The van der Waals surface area contributed by atoms with E-state index in [1.165, 1.54) is 0 Å². The normalized spacial score (nSPS) is 21.4. The van der Waals surface area contributed by atoms with E-state index in [0.29, 0.717) is 18.0 Å². The minimum absolute atomic E-state index is 0.194. The van der Waals surface area contributed by atoms with Gasteiger partial charge in [-0.1, -0.05) is 13.8 Å². The van der Waals surface area contributed by atoms with Gasteiger partial charge in [0.05, 0.1) is 6.20 Å². The molecule has 1 saturated carbocycles. The van der Waals surface area contributed by atoms with Gasteiger partial charge in [0.1, 0.15) is 12.1 Å². The van der Waals surface area contributed by atoms with E-state index in [9.17, 15) is 0 Å². The van der Waals surface area contributed by atoms with Gasteiger partial charge in [0, 0.05) is 29.9 Å². The van der Waals surface area contributed by atoms with Gasteiger partial charge in [-0.3, -0.25) is 16.0 Å². The zero-order chi connectivity index (χ0) is 17.8. The number of nitrogens with one attached hydrogen (secondary N) is 4. The lowest BCUT2D eigenvalue weighted by atomic mass is 10.1. The zero-order valence-corrected chi connectivity index (χ0v) is 15.0.